The van der Waals surface area contributed by atoms with E-state index in [9.17, 15) is 19.5 Å². The monoisotopic (exact) mass is 789 g/mol. The maximum Gasteiger partial charge on any atom is 0.315 e. The summed E-state index contributed by atoms with van der Waals surface area (Å²) in [7, 11) is 0. The third-order valence-corrected chi connectivity index (χ3v) is 16.4. The number of carbonyl (C=O) groups is 3. The van der Waals surface area contributed by atoms with Crippen LogP contribution in [-0.4, -0.2) is 105 Å². The van der Waals surface area contributed by atoms with Gasteiger partial charge in [-0.1, -0.05) is 38.8 Å². The Morgan fingerprint density at radius 2 is 1.64 bits per heavy atom. The van der Waals surface area contributed by atoms with Crippen LogP contribution in [0.25, 0.3) is 0 Å². The molecule has 6 aliphatic rings. The van der Waals surface area contributed by atoms with Crippen molar-refractivity contribution in [1.82, 2.24) is 21.3 Å². The first-order valence-corrected chi connectivity index (χ1v) is 23.0. The lowest BCUT2D eigenvalue weighted by Crippen LogP contribution is -2.50. The van der Waals surface area contributed by atoms with Crippen LogP contribution in [0.2, 0.25) is 0 Å². The SMILES string of the molecule is CC(CCCNC(=O)CCOCCOCCOCCNC(=O)CCCC[C@@H]1SC[C@@H]2NC(=O)N[C@@H]21)[C@H]1CC[C@H]2C3CC=C4C[C@@H](O)CC[C@]4(C)[C@H]3CC[C@]12C. The first-order valence-electron chi connectivity index (χ1n) is 21.9. The number of urea groups is 1. The van der Waals surface area contributed by atoms with Gasteiger partial charge in [0.1, 0.15) is 0 Å². The fourth-order valence-electron chi connectivity index (χ4n) is 11.9. The molecule has 2 aliphatic heterocycles. The largest absolute Gasteiger partial charge is 0.393 e. The molecule has 0 radical (unpaired) electrons. The summed E-state index contributed by atoms with van der Waals surface area (Å²) in [5.74, 6) is 4.92. The van der Waals surface area contributed by atoms with E-state index in [0.29, 0.717) is 81.0 Å². The fraction of sp³-hybridized carbons (Fsp3) is 0.884. The van der Waals surface area contributed by atoms with Crippen molar-refractivity contribution in [3.05, 3.63) is 11.6 Å². The average molecular weight is 789 g/mol. The van der Waals surface area contributed by atoms with Gasteiger partial charge < -0.3 is 40.6 Å². The lowest BCUT2D eigenvalue weighted by atomic mass is 9.47. The van der Waals surface area contributed by atoms with Gasteiger partial charge in [-0.15, -0.1) is 0 Å². The Hall–Kier alpha value is -1.86. The first kappa shape index (κ1) is 42.7. The summed E-state index contributed by atoms with van der Waals surface area (Å²) < 4.78 is 16.7. The van der Waals surface area contributed by atoms with E-state index in [1.165, 1.54) is 32.1 Å². The average Bonchev–Trinajstić information content (AvgIpc) is 3.84. The van der Waals surface area contributed by atoms with Crippen molar-refractivity contribution >= 4 is 29.6 Å². The van der Waals surface area contributed by atoms with Gasteiger partial charge in [-0.3, -0.25) is 9.59 Å². The molecule has 0 aromatic rings. The highest BCUT2D eigenvalue weighted by Gasteiger charge is 2.59. The molecular formula is C43H72N4O7S. The van der Waals surface area contributed by atoms with Gasteiger partial charge in [0.2, 0.25) is 11.8 Å². The number of amides is 4. The van der Waals surface area contributed by atoms with Gasteiger partial charge in [0.15, 0.2) is 0 Å². The molecule has 11 nitrogen and oxygen atoms in total. The van der Waals surface area contributed by atoms with Crippen LogP contribution in [0.15, 0.2) is 11.6 Å². The summed E-state index contributed by atoms with van der Waals surface area (Å²) >= 11 is 1.91. The molecule has 312 valence electrons. The van der Waals surface area contributed by atoms with E-state index in [0.717, 1.165) is 87.3 Å². The number of hydrogen-bond acceptors (Lipinski definition) is 8. The van der Waals surface area contributed by atoms with Gasteiger partial charge in [-0.05, 0) is 117 Å². The molecule has 0 aromatic carbocycles. The van der Waals surface area contributed by atoms with Gasteiger partial charge in [0, 0.05) is 36.9 Å². The lowest BCUT2D eigenvalue weighted by molar-refractivity contribution is -0.122. The molecule has 12 heteroatoms. The molecule has 5 fully saturated rings. The molecule has 2 saturated heterocycles. The van der Waals surface area contributed by atoms with E-state index in [1.54, 1.807) is 5.57 Å². The van der Waals surface area contributed by atoms with Crippen molar-refractivity contribution in [3.63, 3.8) is 0 Å². The summed E-state index contributed by atoms with van der Waals surface area (Å²) in [6.45, 7) is 11.4. The predicted molar refractivity (Wildman–Crippen MR) is 217 cm³/mol. The van der Waals surface area contributed by atoms with Crippen LogP contribution in [0.4, 0.5) is 4.79 Å². The zero-order valence-electron chi connectivity index (χ0n) is 34.0. The zero-order chi connectivity index (χ0) is 38.8. The lowest BCUT2D eigenvalue weighted by Gasteiger charge is -2.58. The normalized spacial score (nSPS) is 35.4. The van der Waals surface area contributed by atoms with Gasteiger partial charge in [-0.2, -0.15) is 11.8 Å². The number of allylic oxidation sites excluding steroid dienone is 1. The number of fused-ring (bicyclic) bond motifs is 6. The number of nitrogens with one attached hydrogen (secondary N) is 4. The molecule has 0 aromatic heterocycles. The van der Waals surface area contributed by atoms with Crippen molar-refractivity contribution in [2.24, 2.45) is 40.4 Å². The zero-order valence-corrected chi connectivity index (χ0v) is 34.9. The highest BCUT2D eigenvalue weighted by atomic mass is 32.2. The third kappa shape index (κ3) is 10.8. The minimum absolute atomic E-state index is 0.0465. The molecular weight excluding hydrogens is 717 g/mol. The second-order valence-electron chi connectivity index (χ2n) is 18.2. The maximum absolute atomic E-state index is 12.4. The summed E-state index contributed by atoms with van der Waals surface area (Å²) in [5.41, 5.74) is 2.30. The van der Waals surface area contributed by atoms with Crippen LogP contribution < -0.4 is 21.3 Å². The second-order valence-corrected chi connectivity index (χ2v) is 19.4. The van der Waals surface area contributed by atoms with Crippen LogP contribution in [0.1, 0.15) is 117 Å². The molecule has 55 heavy (non-hydrogen) atoms. The summed E-state index contributed by atoms with van der Waals surface area (Å²) in [4.78, 5) is 36.0. The maximum atomic E-state index is 12.4. The molecule has 6 rings (SSSR count). The van der Waals surface area contributed by atoms with Crippen molar-refractivity contribution < 1.29 is 33.7 Å². The van der Waals surface area contributed by atoms with Crippen LogP contribution in [0.5, 0.6) is 0 Å². The van der Waals surface area contributed by atoms with E-state index in [1.807, 2.05) is 11.8 Å². The number of carbonyl (C=O) groups excluding carboxylic acids is 3. The predicted octanol–water partition coefficient (Wildman–Crippen LogP) is 5.74. The van der Waals surface area contributed by atoms with E-state index in [2.05, 4.69) is 48.1 Å². The van der Waals surface area contributed by atoms with E-state index in [4.69, 9.17) is 14.2 Å². The van der Waals surface area contributed by atoms with Gasteiger partial charge >= 0.3 is 6.03 Å². The summed E-state index contributed by atoms with van der Waals surface area (Å²) in [6, 6.07) is 0.412. The minimum Gasteiger partial charge on any atom is -0.393 e. The van der Waals surface area contributed by atoms with E-state index >= 15 is 0 Å². The van der Waals surface area contributed by atoms with Gasteiger partial charge in [-0.25, -0.2) is 4.79 Å². The van der Waals surface area contributed by atoms with Crippen LogP contribution in [0, 0.1) is 40.4 Å². The van der Waals surface area contributed by atoms with Crippen molar-refractivity contribution in [2.75, 3.05) is 58.5 Å². The Labute approximate surface area is 334 Å². The molecule has 4 amide bonds. The molecule has 2 heterocycles. The number of thioether (sulfide) groups is 1. The highest BCUT2D eigenvalue weighted by molar-refractivity contribution is 8.00. The second kappa shape index (κ2) is 20.2. The minimum atomic E-state index is -0.135. The first-order chi connectivity index (χ1) is 26.6. The Balaban J connectivity index is 0.716. The van der Waals surface area contributed by atoms with E-state index in [-0.39, 0.29) is 36.0 Å². The third-order valence-electron chi connectivity index (χ3n) is 14.9. The highest BCUT2D eigenvalue weighted by Crippen LogP contribution is 2.67. The Bertz CT molecular complexity index is 1320. The van der Waals surface area contributed by atoms with Gasteiger partial charge in [0.05, 0.1) is 57.8 Å². The number of unbranched alkanes of at least 4 members (excludes halogenated alkanes) is 1. The van der Waals surface area contributed by atoms with Crippen molar-refractivity contribution in [2.45, 2.75) is 141 Å². The Morgan fingerprint density at radius 3 is 2.45 bits per heavy atom. The number of rotatable bonds is 22. The van der Waals surface area contributed by atoms with Crippen LogP contribution in [-0.2, 0) is 23.8 Å². The number of ether oxygens (including phenoxy) is 3. The van der Waals surface area contributed by atoms with Crippen LogP contribution in [0.3, 0.4) is 0 Å². The Kier molecular flexibility index (Phi) is 15.7. The Morgan fingerprint density at radius 1 is 0.891 bits per heavy atom. The molecule has 4 aliphatic carbocycles. The molecule has 0 bridgehead atoms. The number of aliphatic hydroxyl groups excluding tert-OH is 1. The van der Waals surface area contributed by atoms with E-state index < -0.39 is 0 Å². The van der Waals surface area contributed by atoms with Crippen molar-refractivity contribution in [1.29, 1.82) is 0 Å². The van der Waals surface area contributed by atoms with Gasteiger partial charge in [0.25, 0.3) is 0 Å². The molecule has 3 saturated carbocycles. The number of aliphatic hydroxyl groups is 1. The molecule has 0 spiro atoms. The standard InChI is InChI=1S/C43H72N4O7S/c1-29(33-12-13-34-32-11-10-30-27-31(48)14-17-42(30,2)35(32)15-18-43(33,34)3)7-6-19-44-39(50)16-21-52-23-25-54-26-24-53-22-20-45-38(49)9-5-4-8-37-40-36(28-55-37)46-41(51)47-40/h10,29,31-37,40,48H,4-9,11-28H2,1-3H3,(H,44,50)(H,45,49)(H2,46,47,51)/t29?,31-,32?,33+,34-,35-,36-,37-,40-,42-,43+/m0/s1. The molecule has 2 unspecified atom stereocenters. The quantitative estimate of drug-likeness (QED) is 0.0531. The fourth-order valence-corrected chi connectivity index (χ4v) is 13.4. The number of hydrogen-bond donors (Lipinski definition) is 5. The molecule has 5 N–H and O–H groups in total. The summed E-state index contributed by atoms with van der Waals surface area (Å²) in [6.07, 6.45) is 18.0. The summed E-state index contributed by atoms with van der Waals surface area (Å²) in [5, 5.41) is 22.8. The van der Waals surface area contributed by atoms with Crippen molar-refractivity contribution in [3.8, 4) is 0 Å². The molecule has 11 atom stereocenters. The van der Waals surface area contributed by atoms with Crippen LogP contribution >= 0.6 is 11.8 Å². The topological polar surface area (TPSA) is 147 Å². The smallest absolute Gasteiger partial charge is 0.315 e.